The zero-order valence-corrected chi connectivity index (χ0v) is 13.7. The maximum atomic E-state index is 11.0. The van der Waals surface area contributed by atoms with E-state index in [1.165, 1.54) is 6.92 Å². The first-order chi connectivity index (χ1) is 6.91. The van der Waals surface area contributed by atoms with Crippen molar-refractivity contribution in [3.05, 3.63) is 0 Å². The number of piperazine rings is 1. The number of nitrogens with one attached hydrogen (secondary N) is 1. The van der Waals surface area contributed by atoms with E-state index in [1.807, 2.05) is 4.90 Å². The van der Waals surface area contributed by atoms with Gasteiger partial charge in [0.05, 0.1) is 6.10 Å². The molecular formula is C8H19KN2O4S. The first-order valence-corrected chi connectivity index (χ1v) is 6.49. The molecule has 0 aromatic heterocycles. The van der Waals surface area contributed by atoms with Crippen LogP contribution in [0.25, 0.3) is 0 Å². The van der Waals surface area contributed by atoms with E-state index in [0.717, 1.165) is 26.2 Å². The molecule has 8 heteroatoms. The summed E-state index contributed by atoms with van der Waals surface area (Å²) in [7, 11) is -4.18. The molecule has 1 fully saturated rings. The van der Waals surface area contributed by atoms with Crippen LogP contribution in [0.5, 0.6) is 0 Å². The summed E-state index contributed by atoms with van der Waals surface area (Å²) in [6.07, 6.45) is -1.06. The van der Waals surface area contributed by atoms with Crippen molar-refractivity contribution < 1.29 is 70.9 Å². The van der Waals surface area contributed by atoms with Crippen molar-refractivity contribution in [1.29, 1.82) is 0 Å². The molecular weight excluding hydrogens is 259 g/mol. The molecule has 2 atom stereocenters. The minimum Gasteiger partial charge on any atom is -1.00 e. The summed E-state index contributed by atoms with van der Waals surface area (Å²) in [6.45, 7) is 4.63. The smallest absolute Gasteiger partial charge is 1.00 e. The second-order valence-electron chi connectivity index (χ2n) is 3.84. The topological polar surface area (TPSA) is 89.9 Å². The van der Waals surface area contributed by atoms with Gasteiger partial charge in [0.15, 0.2) is 0 Å². The Bertz CT molecular complexity index is 296. The third-order valence-electron chi connectivity index (χ3n) is 2.57. The van der Waals surface area contributed by atoms with Gasteiger partial charge in [-0.15, -0.1) is 0 Å². The van der Waals surface area contributed by atoms with E-state index >= 15 is 0 Å². The Kier molecular flexibility index (Phi) is 8.47. The van der Waals surface area contributed by atoms with Gasteiger partial charge < -0.3 is 11.8 Å². The van der Waals surface area contributed by atoms with E-state index in [0.29, 0.717) is 0 Å². The Morgan fingerprint density at radius 2 is 1.94 bits per heavy atom. The second-order valence-corrected chi connectivity index (χ2v) is 5.48. The van der Waals surface area contributed by atoms with Crippen LogP contribution in [-0.4, -0.2) is 67.1 Å². The van der Waals surface area contributed by atoms with E-state index < -0.39 is 21.5 Å². The van der Waals surface area contributed by atoms with Crippen LogP contribution < -0.4 is 56.7 Å². The largest absolute Gasteiger partial charge is 1.00 e. The fourth-order valence-corrected chi connectivity index (χ4v) is 2.54. The van der Waals surface area contributed by atoms with Crippen molar-refractivity contribution in [2.24, 2.45) is 0 Å². The first kappa shape index (κ1) is 17.4. The molecule has 1 aliphatic heterocycles. The van der Waals surface area contributed by atoms with Gasteiger partial charge in [-0.2, -0.15) is 8.42 Å². The predicted molar refractivity (Wildman–Crippen MR) is 57.4 cm³/mol. The Balaban J connectivity index is 0. The van der Waals surface area contributed by atoms with Crippen LogP contribution in [-0.2, 0) is 10.1 Å². The molecule has 1 aliphatic rings. The molecule has 0 bridgehead atoms. The van der Waals surface area contributed by atoms with Gasteiger partial charge in [-0.1, -0.05) is 0 Å². The zero-order chi connectivity index (χ0) is 11.5. The molecule has 92 valence electrons. The van der Waals surface area contributed by atoms with Crippen LogP contribution in [0.2, 0.25) is 0 Å². The molecule has 0 spiro atoms. The van der Waals surface area contributed by atoms with Gasteiger partial charge in [0, 0.05) is 32.7 Å². The Labute approximate surface area is 140 Å². The quantitative estimate of drug-likeness (QED) is 0.356. The number of nitrogens with zero attached hydrogens (tertiary/aromatic N) is 1. The third-order valence-corrected chi connectivity index (χ3v) is 3.88. The Hall–Kier alpha value is 1.43. The normalized spacial score (nSPS) is 22.2. The summed E-state index contributed by atoms with van der Waals surface area (Å²) < 4.78 is 30.9. The third kappa shape index (κ3) is 5.85. The van der Waals surface area contributed by atoms with Crippen LogP contribution in [0.1, 0.15) is 8.35 Å². The van der Waals surface area contributed by atoms with E-state index in [9.17, 15) is 13.5 Å². The van der Waals surface area contributed by atoms with Gasteiger partial charge in [-0.25, -0.2) is 0 Å². The number of hydrogen-bond donors (Lipinski definition) is 3. The molecule has 1 rings (SSSR count). The monoisotopic (exact) mass is 278 g/mol. The molecule has 1 saturated heterocycles. The summed E-state index contributed by atoms with van der Waals surface area (Å²) in [6, 6.07) is 0. The van der Waals surface area contributed by atoms with Gasteiger partial charge >= 0.3 is 51.4 Å². The number of hydrogen-bond acceptors (Lipinski definition) is 5. The molecule has 0 amide bonds. The molecule has 2 unspecified atom stereocenters. The average Bonchev–Trinajstić information content (AvgIpc) is 2.13. The molecule has 6 nitrogen and oxygen atoms in total. The molecule has 3 N–H and O–H groups in total. The van der Waals surface area contributed by atoms with Gasteiger partial charge in [-0.05, 0) is 6.92 Å². The van der Waals surface area contributed by atoms with Crippen molar-refractivity contribution in [2.45, 2.75) is 18.3 Å². The van der Waals surface area contributed by atoms with E-state index in [1.54, 1.807) is 0 Å². The maximum absolute atomic E-state index is 11.0. The van der Waals surface area contributed by atoms with Gasteiger partial charge in [-0.3, -0.25) is 9.45 Å². The van der Waals surface area contributed by atoms with E-state index in [2.05, 4.69) is 5.32 Å². The van der Waals surface area contributed by atoms with Crippen molar-refractivity contribution in [1.82, 2.24) is 10.2 Å². The Morgan fingerprint density at radius 1 is 1.44 bits per heavy atom. The molecule has 0 aromatic rings. The van der Waals surface area contributed by atoms with Crippen LogP contribution >= 0.6 is 0 Å². The van der Waals surface area contributed by atoms with E-state index in [-0.39, 0.29) is 59.4 Å². The number of aliphatic hydroxyl groups is 1. The standard InChI is InChI=1S/C8H18N2O4S.K.H/c1-7(11)8(15(12,13)14)6-10-4-2-9-3-5-10;;/h7-9,11H,2-6H2,1H3,(H,12,13,14);;/q;+1;-1. The van der Waals surface area contributed by atoms with Crippen LogP contribution in [0.3, 0.4) is 0 Å². The number of rotatable bonds is 4. The fraction of sp³-hybridized carbons (Fsp3) is 1.00. The fourth-order valence-electron chi connectivity index (χ4n) is 1.64. The molecule has 0 radical (unpaired) electrons. The summed E-state index contributed by atoms with van der Waals surface area (Å²) in [5, 5.41) is 11.3. The SMILES string of the molecule is CC(O)C(CN1CCNCC1)S(=O)(=O)O.[H-].[K+]. The van der Waals surface area contributed by atoms with Crippen LogP contribution in [0.15, 0.2) is 0 Å². The minimum atomic E-state index is -4.18. The summed E-state index contributed by atoms with van der Waals surface area (Å²) in [5.74, 6) is 0. The summed E-state index contributed by atoms with van der Waals surface area (Å²) in [5.41, 5.74) is 0. The molecule has 0 aliphatic carbocycles. The van der Waals surface area contributed by atoms with Crippen LogP contribution in [0.4, 0.5) is 0 Å². The second kappa shape index (κ2) is 7.77. The molecule has 1 heterocycles. The number of aliphatic hydroxyl groups excluding tert-OH is 1. The Morgan fingerprint density at radius 3 is 2.31 bits per heavy atom. The van der Waals surface area contributed by atoms with Crippen LogP contribution in [0, 0.1) is 0 Å². The van der Waals surface area contributed by atoms with Crippen molar-refractivity contribution in [3.63, 3.8) is 0 Å². The van der Waals surface area contributed by atoms with E-state index in [4.69, 9.17) is 4.55 Å². The molecule has 0 aromatic carbocycles. The molecule has 16 heavy (non-hydrogen) atoms. The molecule has 0 saturated carbocycles. The minimum absolute atomic E-state index is 0. The zero-order valence-electron chi connectivity index (χ0n) is 10.8. The summed E-state index contributed by atoms with van der Waals surface area (Å²) >= 11 is 0. The predicted octanol–water partition coefficient (Wildman–Crippen LogP) is -4.35. The maximum Gasteiger partial charge on any atom is 1.00 e. The van der Waals surface area contributed by atoms with Crippen molar-refractivity contribution >= 4 is 10.1 Å². The van der Waals surface area contributed by atoms with Crippen molar-refractivity contribution in [2.75, 3.05) is 32.7 Å². The van der Waals surface area contributed by atoms with Gasteiger partial charge in [0.2, 0.25) is 0 Å². The van der Waals surface area contributed by atoms with Crippen molar-refractivity contribution in [3.8, 4) is 0 Å². The first-order valence-electron chi connectivity index (χ1n) is 4.98. The van der Waals surface area contributed by atoms with Gasteiger partial charge in [0.1, 0.15) is 5.25 Å². The average molecular weight is 278 g/mol. The summed E-state index contributed by atoms with van der Waals surface area (Å²) in [4.78, 5) is 1.92. The van der Waals surface area contributed by atoms with Gasteiger partial charge in [0.25, 0.3) is 10.1 Å².